The van der Waals surface area contributed by atoms with Crippen LogP contribution in [0.15, 0.2) is 57.9 Å². The lowest BCUT2D eigenvalue weighted by molar-refractivity contribution is 0.848. The average molecular weight is 397 g/mol. The molecule has 1 aromatic heterocycles. The molecule has 2 aromatic carbocycles. The van der Waals surface area contributed by atoms with Gasteiger partial charge in [-0.25, -0.2) is 4.68 Å². The molecule has 0 unspecified atom stereocenters. The average Bonchev–Trinajstić information content (AvgIpc) is 3.00. The predicted molar refractivity (Wildman–Crippen MR) is 104 cm³/mol. The van der Waals surface area contributed by atoms with Crippen LogP contribution in [0.4, 0.5) is 0 Å². The molecule has 0 aliphatic rings. The zero-order valence-electron chi connectivity index (χ0n) is 12.6. The van der Waals surface area contributed by atoms with Gasteiger partial charge in [0.05, 0.1) is 22.0 Å². The molecule has 0 fully saturated rings. The second-order valence-electron chi connectivity index (χ2n) is 4.86. The maximum absolute atomic E-state index is 6.13. The quantitative estimate of drug-likeness (QED) is 0.517. The van der Waals surface area contributed by atoms with Gasteiger partial charge in [-0.3, -0.25) is 4.99 Å². The van der Waals surface area contributed by atoms with E-state index in [1.54, 1.807) is 24.0 Å². The first kappa shape index (κ1) is 17.2. The summed E-state index contributed by atoms with van der Waals surface area (Å²) in [6.45, 7) is 0. The Bertz CT molecular complexity index is 956. The first-order valence-electron chi connectivity index (χ1n) is 6.97. The Hall–Kier alpha value is -1.59. The summed E-state index contributed by atoms with van der Waals surface area (Å²) >= 11 is 19.5. The smallest absolute Gasteiger partial charge is 0.205 e. The number of thiazole rings is 1. The van der Waals surface area contributed by atoms with Crippen LogP contribution >= 0.6 is 46.1 Å². The first-order valence-corrected chi connectivity index (χ1v) is 8.98. The summed E-state index contributed by atoms with van der Waals surface area (Å²) in [4.78, 5) is 5.05. The molecule has 0 amide bonds. The predicted octanol–water partition coefficient (Wildman–Crippen LogP) is 5.59. The number of rotatable bonds is 3. The van der Waals surface area contributed by atoms with Crippen LogP contribution in [-0.2, 0) is 0 Å². The third kappa shape index (κ3) is 3.73. The molecule has 0 saturated heterocycles. The van der Waals surface area contributed by atoms with Crippen molar-refractivity contribution in [1.82, 2.24) is 4.68 Å². The Morgan fingerprint density at radius 2 is 1.75 bits per heavy atom. The van der Waals surface area contributed by atoms with Gasteiger partial charge in [-0.2, -0.15) is 5.10 Å². The van der Waals surface area contributed by atoms with E-state index in [1.807, 2.05) is 41.8 Å². The lowest BCUT2D eigenvalue weighted by atomic mass is 10.2. The van der Waals surface area contributed by atoms with Crippen molar-refractivity contribution in [3.63, 3.8) is 0 Å². The fraction of sp³-hybridized carbons (Fsp3) is 0.0588. The fourth-order valence-corrected chi connectivity index (χ4v) is 3.32. The SMILES string of the molecule is CN=c1scc(-c2ccc(Cl)c(Cl)c2)n1/N=C/c1ccc(Cl)cc1. The summed E-state index contributed by atoms with van der Waals surface area (Å²) < 4.78 is 1.78. The summed E-state index contributed by atoms with van der Waals surface area (Å²) in [5, 5.41) is 8.26. The molecule has 0 bridgehead atoms. The zero-order valence-corrected chi connectivity index (χ0v) is 15.7. The van der Waals surface area contributed by atoms with Crippen molar-refractivity contribution < 1.29 is 0 Å². The topological polar surface area (TPSA) is 29.6 Å². The summed E-state index contributed by atoms with van der Waals surface area (Å²) in [6.07, 6.45) is 1.76. The third-order valence-electron chi connectivity index (χ3n) is 3.28. The molecule has 0 aliphatic carbocycles. The molecule has 122 valence electrons. The molecule has 24 heavy (non-hydrogen) atoms. The van der Waals surface area contributed by atoms with Crippen LogP contribution in [0.5, 0.6) is 0 Å². The maximum atomic E-state index is 6.13. The normalized spacial score (nSPS) is 12.2. The molecule has 0 saturated carbocycles. The lowest BCUT2D eigenvalue weighted by Crippen LogP contribution is -2.11. The molecular weight excluding hydrogens is 385 g/mol. The minimum atomic E-state index is 0.503. The van der Waals surface area contributed by atoms with E-state index in [1.165, 1.54) is 11.3 Å². The molecule has 1 heterocycles. The van der Waals surface area contributed by atoms with Crippen molar-refractivity contribution in [3.05, 3.63) is 73.3 Å². The largest absolute Gasteiger partial charge is 0.261 e. The highest BCUT2D eigenvalue weighted by Crippen LogP contribution is 2.28. The Morgan fingerprint density at radius 3 is 2.42 bits per heavy atom. The summed E-state index contributed by atoms with van der Waals surface area (Å²) in [5.41, 5.74) is 2.76. The van der Waals surface area contributed by atoms with Crippen LogP contribution in [-0.4, -0.2) is 17.9 Å². The Morgan fingerprint density at radius 1 is 1.00 bits per heavy atom. The van der Waals surface area contributed by atoms with E-state index in [9.17, 15) is 0 Å². The van der Waals surface area contributed by atoms with Gasteiger partial charge in [-0.1, -0.05) is 53.0 Å². The molecule has 3 rings (SSSR count). The van der Waals surface area contributed by atoms with Gasteiger partial charge in [-0.15, -0.1) is 11.3 Å². The fourth-order valence-electron chi connectivity index (χ4n) is 2.09. The van der Waals surface area contributed by atoms with Crippen LogP contribution in [0, 0.1) is 0 Å². The maximum Gasteiger partial charge on any atom is 0.205 e. The number of hydrogen-bond acceptors (Lipinski definition) is 3. The molecule has 0 atom stereocenters. The van der Waals surface area contributed by atoms with Gasteiger partial charge in [0.2, 0.25) is 4.80 Å². The van der Waals surface area contributed by atoms with Crippen molar-refractivity contribution in [2.45, 2.75) is 0 Å². The second-order valence-corrected chi connectivity index (χ2v) is 6.95. The number of hydrogen-bond donors (Lipinski definition) is 0. The van der Waals surface area contributed by atoms with Crippen LogP contribution in [0.1, 0.15) is 5.56 Å². The Balaban J connectivity index is 2.05. The van der Waals surface area contributed by atoms with Crippen molar-refractivity contribution in [2.75, 3.05) is 7.05 Å². The monoisotopic (exact) mass is 395 g/mol. The van der Waals surface area contributed by atoms with E-state index in [2.05, 4.69) is 10.1 Å². The van der Waals surface area contributed by atoms with Crippen LogP contribution in [0.2, 0.25) is 15.1 Å². The van der Waals surface area contributed by atoms with Crippen LogP contribution in [0.3, 0.4) is 0 Å². The highest BCUT2D eigenvalue weighted by atomic mass is 35.5. The molecule has 7 heteroatoms. The molecule has 3 aromatic rings. The number of benzene rings is 2. The third-order valence-corrected chi connectivity index (χ3v) is 5.18. The van der Waals surface area contributed by atoms with Gasteiger partial charge in [0.25, 0.3) is 0 Å². The zero-order chi connectivity index (χ0) is 17.1. The van der Waals surface area contributed by atoms with E-state index < -0.39 is 0 Å². The van der Waals surface area contributed by atoms with Gasteiger partial charge in [0.15, 0.2) is 0 Å². The second kappa shape index (κ2) is 7.53. The number of nitrogens with zero attached hydrogens (tertiary/aromatic N) is 3. The number of halogens is 3. The van der Waals surface area contributed by atoms with Crippen molar-refractivity contribution >= 4 is 52.4 Å². The highest BCUT2D eigenvalue weighted by Gasteiger charge is 2.09. The Kier molecular flexibility index (Phi) is 5.41. The van der Waals surface area contributed by atoms with Crippen LogP contribution in [0.25, 0.3) is 11.3 Å². The standard InChI is InChI=1S/C17H12Cl3N3S/c1-21-17-23(22-9-11-2-5-13(18)6-3-11)16(10-24-17)12-4-7-14(19)15(20)8-12/h2-10H,1H3/b21-17?,22-9+. The van der Waals surface area contributed by atoms with Gasteiger partial charge < -0.3 is 0 Å². The summed E-state index contributed by atoms with van der Waals surface area (Å²) in [5.74, 6) is 0. The molecule has 3 nitrogen and oxygen atoms in total. The van der Waals surface area contributed by atoms with Crippen molar-refractivity contribution in [2.24, 2.45) is 10.1 Å². The van der Waals surface area contributed by atoms with Crippen molar-refractivity contribution in [1.29, 1.82) is 0 Å². The van der Waals surface area contributed by atoms with Crippen LogP contribution < -0.4 is 4.80 Å². The number of aromatic nitrogens is 1. The summed E-state index contributed by atoms with van der Waals surface area (Å²) in [7, 11) is 1.73. The van der Waals surface area contributed by atoms with Gasteiger partial charge in [0, 0.05) is 23.0 Å². The first-order chi connectivity index (χ1) is 11.6. The van der Waals surface area contributed by atoms with E-state index in [-0.39, 0.29) is 0 Å². The summed E-state index contributed by atoms with van der Waals surface area (Å²) in [6, 6.07) is 13.0. The molecule has 0 aliphatic heterocycles. The lowest BCUT2D eigenvalue weighted by Gasteiger charge is -2.05. The van der Waals surface area contributed by atoms with E-state index >= 15 is 0 Å². The molecule has 0 N–H and O–H groups in total. The van der Waals surface area contributed by atoms with E-state index in [0.29, 0.717) is 15.1 Å². The Labute approximate surface area is 158 Å². The van der Waals surface area contributed by atoms with Gasteiger partial charge in [-0.05, 0) is 29.8 Å². The van der Waals surface area contributed by atoms with Crippen molar-refractivity contribution in [3.8, 4) is 11.3 Å². The molecule has 0 spiro atoms. The van der Waals surface area contributed by atoms with Gasteiger partial charge >= 0.3 is 0 Å². The minimum absolute atomic E-state index is 0.503. The highest BCUT2D eigenvalue weighted by molar-refractivity contribution is 7.07. The van der Waals surface area contributed by atoms with E-state index in [4.69, 9.17) is 34.8 Å². The molecular formula is C17H12Cl3N3S. The molecule has 0 radical (unpaired) electrons. The van der Waals surface area contributed by atoms with Gasteiger partial charge in [0.1, 0.15) is 0 Å². The minimum Gasteiger partial charge on any atom is -0.261 e. The van der Waals surface area contributed by atoms with E-state index in [0.717, 1.165) is 21.6 Å².